The monoisotopic (exact) mass is 356 g/mol. The average Bonchev–Trinajstić information content (AvgIpc) is 2.42. The van der Waals surface area contributed by atoms with E-state index >= 15 is 0 Å². The zero-order valence-corrected chi connectivity index (χ0v) is 13.4. The van der Waals surface area contributed by atoms with E-state index in [2.05, 4.69) is 26.2 Å². The fraction of sp³-hybridized carbons (Fsp3) is 0.267. The number of hydrogen-bond donors (Lipinski definition) is 1. The number of aromatic nitrogens is 1. The molecule has 0 saturated heterocycles. The molecule has 0 amide bonds. The summed E-state index contributed by atoms with van der Waals surface area (Å²) in [7, 11) is 0. The van der Waals surface area contributed by atoms with Gasteiger partial charge in [-0.2, -0.15) is 0 Å². The van der Waals surface area contributed by atoms with Gasteiger partial charge in [0.2, 0.25) is 0 Å². The van der Waals surface area contributed by atoms with Crippen LogP contribution in [0.1, 0.15) is 24.2 Å². The summed E-state index contributed by atoms with van der Waals surface area (Å²) in [6.07, 6.45) is 2.19. The molecule has 2 aromatic rings. The molecule has 0 spiro atoms. The Morgan fingerprint density at radius 2 is 2.20 bits per heavy atom. The molecular formula is C15H15BrClFN2. The number of rotatable bonds is 5. The van der Waals surface area contributed by atoms with Crippen molar-refractivity contribution in [2.75, 3.05) is 6.54 Å². The minimum Gasteiger partial charge on any atom is -0.309 e. The predicted molar refractivity (Wildman–Crippen MR) is 83.5 cm³/mol. The summed E-state index contributed by atoms with van der Waals surface area (Å²) >= 11 is 9.61. The van der Waals surface area contributed by atoms with Gasteiger partial charge in [0.15, 0.2) is 0 Å². The van der Waals surface area contributed by atoms with Crippen LogP contribution in [-0.4, -0.2) is 11.5 Å². The molecule has 0 aliphatic rings. The number of nitrogens with zero attached hydrogens (tertiary/aromatic N) is 1. The van der Waals surface area contributed by atoms with Gasteiger partial charge in [-0.15, -0.1) is 0 Å². The van der Waals surface area contributed by atoms with Crippen molar-refractivity contribution in [2.45, 2.75) is 19.4 Å². The van der Waals surface area contributed by atoms with Gasteiger partial charge in [-0.25, -0.2) is 4.39 Å². The number of nitrogens with one attached hydrogen (secondary N) is 1. The van der Waals surface area contributed by atoms with Gasteiger partial charge in [0, 0.05) is 15.7 Å². The molecule has 0 saturated carbocycles. The molecule has 1 heterocycles. The topological polar surface area (TPSA) is 24.9 Å². The smallest absolute Gasteiger partial charge is 0.146 e. The van der Waals surface area contributed by atoms with Gasteiger partial charge in [-0.1, -0.05) is 40.5 Å². The van der Waals surface area contributed by atoms with Crippen molar-refractivity contribution in [3.8, 4) is 0 Å². The second-order valence-electron chi connectivity index (χ2n) is 4.42. The lowest BCUT2D eigenvalue weighted by Crippen LogP contribution is -2.25. The highest BCUT2D eigenvalue weighted by Gasteiger charge is 2.18. The summed E-state index contributed by atoms with van der Waals surface area (Å²) in [6, 6.07) is 8.54. The maximum absolute atomic E-state index is 13.9. The van der Waals surface area contributed by atoms with Crippen molar-refractivity contribution in [3.05, 3.63) is 63.1 Å². The van der Waals surface area contributed by atoms with Gasteiger partial charge >= 0.3 is 0 Å². The third-order valence-electron chi connectivity index (χ3n) is 3.01. The molecule has 106 valence electrons. The molecule has 1 aromatic carbocycles. The molecule has 0 aliphatic heterocycles. The Labute approximate surface area is 131 Å². The van der Waals surface area contributed by atoms with Crippen molar-refractivity contribution in [1.29, 1.82) is 0 Å². The average molecular weight is 358 g/mol. The van der Waals surface area contributed by atoms with Gasteiger partial charge in [0.1, 0.15) is 5.82 Å². The summed E-state index contributed by atoms with van der Waals surface area (Å²) in [5.41, 5.74) is 1.39. The second kappa shape index (κ2) is 7.16. The van der Waals surface area contributed by atoms with Crippen LogP contribution in [0.4, 0.5) is 4.39 Å². The fourth-order valence-corrected chi connectivity index (χ4v) is 2.82. The van der Waals surface area contributed by atoms with Gasteiger partial charge in [0.25, 0.3) is 0 Å². The van der Waals surface area contributed by atoms with Crippen molar-refractivity contribution in [1.82, 2.24) is 10.3 Å². The second-order valence-corrected chi connectivity index (χ2v) is 5.74. The molecule has 5 heteroatoms. The van der Waals surface area contributed by atoms with Crippen LogP contribution in [0.25, 0.3) is 0 Å². The summed E-state index contributed by atoms with van der Waals surface area (Å²) in [6.45, 7) is 2.71. The number of benzene rings is 1. The quantitative estimate of drug-likeness (QED) is 0.850. The number of pyridine rings is 1. The highest BCUT2D eigenvalue weighted by Crippen LogP contribution is 2.26. The maximum Gasteiger partial charge on any atom is 0.146 e. The zero-order valence-electron chi connectivity index (χ0n) is 11.0. The molecule has 2 rings (SSSR count). The molecule has 0 aliphatic carbocycles. The fourth-order valence-electron chi connectivity index (χ4n) is 2.07. The lowest BCUT2D eigenvalue weighted by Gasteiger charge is -2.18. The zero-order chi connectivity index (χ0) is 14.5. The van der Waals surface area contributed by atoms with E-state index in [1.54, 1.807) is 12.3 Å². The van der Waals surface area contributed by atoms with E-state index in [-0.39, 0.29) is 11.9 Å². The molecule has 1 unspecified atom stereocenters. The van der Waals surface area contributed by atoms with Crippen LogP contribution in [0.15, 0.2) is 41.0 Å². The molecule has 2 nitrogen and oxygen atoms in total. The van der Waals surface area contributed by atoms with Crippen molar-refractivity contribution in [2.24, 2.45) is 0 Å². The Morgan fingerprint density at radius 1 is 1.40 bits per heavy atom. The molecule has 1 aromatic heterocycles. The first kappa shape index (κ1) is 15.4. The number of likely N-dealkylation sites (N-methyl/N-ethyl adjacent to an activating group) is 1. The van der Waals surface area contributed by atoms with Gasteiger partial charge < -0.3 is 5.32 Å². The van der Waals surface area contributed by atoms with Crippen molar-refractivity contribution in [3.63, 3.8) is 0 Å². The van der Waals surface area contributed by atoms with Crippen LogP contribution >= 0.6 is 27.5 Å². The third-order valence-corrected chi connectivity index (χ3v) is 3.85. The standard InChI is InChI=1S/C15H15BrClFN2/c1-2-19-14(15-13(18)4-3-7-20-15)8-10-5-6-11(16)9-12(10)17/h3-7,9,14,19H,2,8H2,1H3. The minimum atomic E-state index is -0.299. The highest BCUT2D eigenvalue weighted by molar-refractivity contribution is 9.10. The Kier molecular flexibility index (Phi) is 5.52. The predicted octanol–water partition coefficient (Wildman–Crippen LogP) is 4.53. The molecule has 0 fully saturated rings. The minimum absolute atomic E-state index is 0.195. The Morgan fingerprint density at radius 3 is 2.85 bits per heavy atom. The SMILES string of the molecule is CCNC(Cc1ccc(Br)cc1Cl)c1ncccc1F. The molecule has 1 atom stereocenters. The van der Waals surface area contributed by atoms with Crippen LogP contribution < -0.4 is 5.32 Å². The number of halogens is 3. The van der Waals surface area contributed by atoms with E-state index < -0.39 is 0 Å². The first-order valence-corrected chi connectivity index (χ1v) is 7.56. The van der Waals surface area contributed by atoms with Crippen molar-refractivity contribution < 1.29 is 4.39 Å². The lowest BCUT2D eigenvalue weighted by atomic mass is 10.0. The van der Waals surface area contributed by atoms with Crippen LogP contribution in [0.3, 0.4) is 0 Å². The van der Waals surface area contributed by atoms with E-state index in [9.17, 15) is 4.39 Å². The van der Waals surface area contributed by atoms with Crippen LogP contribution in [-0.2, 0) is 6.42 Å². The first-order valence-electron chi connectivity index (χ1n) is 6.39. The van der Waals surface area contributed by atoms with Gasteiger partial charge in [-0.05, 0) is 42.8 Å². The molecule has 1 N–H and O–H groups in total. The van der Waals surface area contributed by atoms with Crippen LogP contribution in [0.2, 0.25) is 5.02 Å². The van der Waals surface area contributed by atoms with Crippen LogP contribution in [0, 0.1) is 5.82 Å². The lowest BCUT2D eigenvalue weighted by molar-refractivity contribution is 0.494. The van der Waals surface area contributed by atoms with Gasteiger partial charge in [0.05, 0.1) is 11.7 Å². The van der Waals surface area contributed by atoms with E-state index in [1.807, 2.05) is 25.1 Å². The van der Waals surface area contributed by atoms with Crippen molar-refractivity contribution >= 4 is 27.5 Å². The van der Waals surface area contributed by atoms with Crippen LogP contribution in [0.5, 0.6) is 0 Å². The van der Waals surface area contributed by atoms with E-state index in [0.717, 1.165) is 16.6 Å². The maximum atomic E-state index is 13.9. The summed E-state index contributed by atoms with van der Waals surface area (Å²) < 4.78 is 14.8. The summed E-state index contributed by atoms with van der Waals surface area (Å²) in [5.74, 6) is -0.299. The largest absolute Gasteiger partial charge is 0.309 e. The Balaban J connectivity index is 2.28. The Hall–Kier alpha value is -0.970. The summed E-state index contributed by atoms with van der Waals surface area (Å²) in [5, 5.41) is 3.92. The molecule has 20 heavy (non-hydrogen) atoms. The van der Waals surface area contributed by atoms with E-state index in [4.69, 9.17) is 11.6 Å². The Bertz CT molecular complexity index is 592. The van der Waals surface area contributed by atoms with Gasteiger partial charge in [-0.3, -0.25) is 4.98 Å². The highest BCUT2D eigenvalue weighted by atomic mass is 79.9. The first-order chi connectivity index (χ1) is 9.61. The molecular weight excluding hydrogens is 343 g/mol. The van der Waals surface area contributed by atoms with E-state index in [1.165, 1.54) is 6.07 Å². The third kappa shape index (κ3) is 3.78. The summed E-state index contributed by atoms with van der Waals surface area (Å²) in [4.78, 5) is 4.15. The molecule has 0 bridgehead atoms. The number of hydrogen-bond acceptors (Lipinski definition) is 2. The normalized spacial score (nSPS) is 12.4. The molecule has 0 radical (unpaired) electrons. The van der Waals surface area contributed by atoms with E-state index in [0.29, 0.717) is 17.1 Å².